The molecule has 4 nitrogen and oxygen atoms in total. The highest BCUT2D eigenvalue weighted by Gasteiger charge is 2.06. The van der Waals surface area contributed by atoms with E-state index in [1.54, 1.807) is 20.3 Å². The fourth-order valence-corrected chi connectivity index (χ4v) is 2.02. The average molecular weight is 273 g/mol. The minimum absolute atomic E-state index is 0.156. The third-order valence-electron chi connectivity index (χ3n) is 3.18. The molecular weight excluding hydrogens is 254 g/mol. The van der Waals surface area contributed by atoms with Gasteiger partial charge in [-0.15, -0.1) is 0 Å². The molecule has 0 heterocycles. The van der Waals surface area contributed by atoms with Gasteiger partial charge in [0.05, 0.1) is 14.2 Å². The number of methoxy groups -OCH3 is 2. The number of phenols is 1. The predicted molar refractivity (Wildman–Crippen MR) is 79.8 cm³/mol. The zero-order valence-corrected chi connectivity index (χ0v) is 12.0. The molecule has 0 bridgehead atoms. The number of benzene rings is 2. The van der Waals surface area contributed by atoms with E-state index in [9.17, 15) is 5.11 Å². The summed E-state index contributed by atoms with van der Waals surface area (Å²) in [4.78, 5) is 2.12. The third-order valence-corrected chi connectivity index (χ3v) is 3.18. The summed E-state index contributed by atoms with van der Waals surface area (Å²) < 4.78 is 10.3. The van der Waals surface area contributed by atoms with Crippen molar-refractivity contribution in [3.05, 3.63) is 48.0 Å². The van der Waals surface area contributed by atoms with Crippen molar-refractivity contribution in [2.75, 3.05) is 26.2 Å². The first-order valence-corrected chi connectivity index (χ1v) is 6.35. The molecule has 20 heavy (non-hydrogen) atoms. The Labute approximate surface area is 119 Å². The summed E-state index contributed by atoms with van der Waals surface area (Å²) in [5.41, 5.74) is 2.16. The van der Waals surface area contributed by atoms with Gasteiger partial charge in [-0.25, -0.2) is 0 Å². The summed E-state index contributed by atoms with van der Waals surface area (Å²) in [6.07, 6.45) is 0. The molecule has 0 amide bonds. The number of ether oxygens (including phenoxy) is 2. The standard InChI is InChI=1S/C16H19NO3/c1-17(13-5-7-14(19-2)8-6-13)11-12-4-9-15(18)16(10-12)20-3/h4-10,18H,11H2,1-3H3. The molecule has 4 heteroatoms. The molecule has 1 N–H and O–H groups in total. The first-order chi connectivity index (χ1) is 9.63. The number of nitrogens with zero attached hydrogens (tertiary/aromatic N) is 1. The van der Waals surface area contributed by atoms with Crippen molar-refractivity contribution in [3.63, 3.8) is 0 Å². The van der Waals surface area contributed by atoms with Gasteiger partial charge in [0, 0.05) is 19.3 Å². The van der Waals surface area contributed by atoms with E-state index in [1.807, 2.05) is 43.4 Å². The Morgan fingerprint density at radius 1 is 1.00 bits per heavy atom. The highest BCUT2D eigenvalue weighted by molar-refractivity contribution is 5.50. The van der Waals surface area contributed by atoms with Crippen LogP contribution in [0.4, 0.5) is 5.69 Å². The van der Waals surface area contributed by atoms with E-state index in [-0.39, 0.29) is 5.75 Å². The molecule has 0 aliphatic carbocycles. The van der Waals surface area contributed by atoms with E-state index in [0.717, 1.165) is 23.5 Å². The zero-order valence-electron chi connectivity index (χ0n) is 12.0. The van der Waals surface area contributed by atoms with Crippen LogP contribution in [0.15, 0.2) is 42.5 Å². The van der Waals surface area contributed by atoms with Gasteiger partial charge in [-0.05, 0) is 42.0 Å². The highest BCUT2D eigenvalue weighted by atomic mass is 16.5. The summed E-state index contributed by atoms with van der Waals surface area (Å²) in [6.45, 7) is 0.725. The molecule has 0 aliphatic rings. The van der Waals surface area contributed by atoms with Crippen LogP contribution < -0.4 is 14.4 Å². The van der Waals surface area contributed by atoms with Crippen molar-refractivity contribution in [2.45, 2.75) is 6.54 Å². The number of hydrogen-bond donors (Lipinski definition) is 1. The molecule has 2 rings (SSSR count). The molecule has 0 aliphatic heterocycles. The second-order valence-corrected chi connectivity index (χ2v) is 4.56. The number of hydrogen-bond acceptors (Lipinski definition) is 4. The number of anilines is 1. The Kier molecular flexibility index (Phi) is 4.35. The van der Waals surface area contributed by atoms with Crippen LogP contribution in [0.1, 0.15) is 5.56 Å². The Bertz CT molecular complexity index is 566. The van der Waals surface area contributed by atoms with Crippen molar-refractivity contribution >= 4 is 5.69 Å². The van der Waals surface area contributed by atoms with E-state index >= 15 is 0 Å². The van der Waals surface area contributed by atoms with Gasteiger partial charge in [0.1, 0.15) is 5.75 Å². The van der Waals surface area contributed by atoms with Gasteiger partial charge < -0.3 is 19.5 Å². The Morgan fingerprint density at radius 3 is 2.30 bits per heavy atom. The molecule has 0 unspecified atom stereocenters. The van der Waals surface area contributed by atoms with Crippen LogP contribution in [0.25, 0.3) is 0 Å². The molecule has 2 aromatic rings. The van der Waals surface area contributed by atoms with Crippen molar-refractivity contribution in [3.8, 4) is 17.2 Å². The molecule has 0 radical (unpaired) electrons. The Balaban J connectivity index is 2.12. The number of aromatic hydroxyl groups is 1. The second kappa shape index (κ2) is 6.19. The lowest BCUT2D eigenvalue weighted by Crippen LogP contribution is -2.16. The maximum atomic E-state index is 9.59. The van der Waals surface area contributed by atoms with Crippen LogP contribution >= 0.6 is 0 Å². The first kappa shape index (κ1) is 14.1. The zero-order chi connectivity index (χ0) is 14.5. The fraction of sp³-hybridized carbons (Fsp3) is 0.250. The van der Waals surface area contributed by atoms with E-state index in [0.29, 0.717) is 5.75 Å². The predicted octanol–water partition coefficient (Wildman–Crippen LogP) is 3.05. The topological polar surface area (TPSA) is 41.9 Å². The number of phenolic OH excluding ortho intramolecular Hbond substituents is 1. The highest BCUT2D eigenvalue weighted by Crippen LogP contribution is 2.27. The molecule has 0 fully saturated rings. The van der Waals surface area contributed by atoms with Crippen LogP contribution in [0.2, 0.25) is 0 Å². The maximum Gasteiger partial charge on any atom is 0.160 e. The molecule has 0 aromatic heterocycles. The van der Waals surface area contributed by atoms with Gasteiger partial charge in [0.15, 0.2) is 11.5 Å². The molecule has 0 atom stereocenters. The molecule has 2 aromatic carbocycles. The quantitative estimate of drug-likeness (QED) is 0.909. The van der Waals surface area contributed by atoms with Crippen LogP contribution in [0.5, 0.6) is 17.2 Å². The largest absolute Gasteiger partial charge is 0.504 e. The SMILES string of the molecule is COc1ccc(N(C)Cc2ccc(O)c(OC)c2)cc1. The average Bonchev–Trinajstić information content (AvgIpc) is 2.49. The lowest BCUT2D eigenvalue weighted by Gasteiger charge is -2.20. The maximum absolute atomic E-state index is 9.59. The number of rotatable bonds is 5. The van der Waals surface area contributed by atoms with Gasteiger partial charge in [-0.2, -0.15) is 0 Å². The van der Waals surface area contributed by atoms with Crippen LogP contribution in [0.3, 0.4) is 0 Å². The third kappa shape index (κ3) is 3.15. The van der Waals surface area contributed by atoms with Crippen LogP contribution in [-0.4, -0.2) is 26.4 Å². The van der Waals surface area contributed by atoms with E-state index in [4.69, 9.17) is 9.47 Å². The van der Waals surface area contributed by atoms with Crippen molar-refractivity contribution in [1.29, 1.82) is 0 Å². The van der Waals surface area contributed by atoms with Crippen molar-refractivity contribution in [1.82, 2.24) is 0 Å². The lowest BCUT2D eigenvalue weighted by atomic mass is 10.2. The van der Waals surface area contributed by atoms with Crippen LogP contribution in [-0.2, 0) is 6.54 Å². The summed E-state index contributed by atoms with van der Waals surface area (Å²) in [6, 6.07) is 13.3. The second-order valence-electron chi connectivity index (χ2n) is 4.56. The smallest absolute Gasteiger partial charge is 0.160 e. The van der Waals surface area contributed by atoms with Crippen LogP contribution in [0, 0.1) is 0 Å². The van der Waals surface area contributed by atoms with Gasteiger partial charge in [0.25, 0.3) is 0 Å². The fourth-order valence-electron chi connectivity index (χ4n) is 2.02. The first-order valence-electron chi connectivity index (χ1n) is 6.35. The molecule has 0 saturated heterocycles. The lowest BCUT2D eigenvalue weighted by molar-refractivity contribution is 0.373. The minimum atomic E-state index is 0.156. The summed E-state index contributed by atoms with van der Waals surface area (Å²) >= 11 is 0. The van der Waals surface area contributed by atoms with Gasteiger partial charge >= 0.3 is 0 Å². The Hall–Kier alpha value is -2.36. The monoisotopic (exact) mass is 273 g/mol. The Morgan fingerprint density at radius 2 is 1.70 bits per heavy atom. The normalized spacial score (nSPS) is 10.2. The van der Waals surface area contributed by atoms with Crippen molar-refractivity contribution in [2.24, 2.45) is 0 Å². The van der Waals surface area contributed by atoms with E-state index in [2.05, 4.69) is 4.90 Å². The summed E-state index contributed by atoms with van der Waals surface area (Å²) in [5, 5.41) is 9.59. The summed E-state index contributed by atoms with van der Waals surface area (Å²) in [7, 11) is 5.22. The summed E-state index contributed by atoms with van der Waals surface area (Å²) in [5.74, 6) is 1.49. The van der Waals surface area contributed by atoms with E-state index in [1.165, 1.54) is 0 Å². The van der Waals surface area contributed by atoms with Crippen molar-refractivity contribution < 1.29 is 14.6 Å². The molecule has 0 saturated carbocycles. The molecule has 106 valence electrons. The van der Waals surface area contributed by atoms with E-state index < -0.39 is 0 Å². The molecule has 0 spiro atoms. The van der Waals surface area contributed by atoms with Gasteiger partial charge in [-0.3, -0.25) is 0 Å². The van der Waals surface area contributed by atoms with Gasteiger partial charge in [-0.1, -0.05) is 6.07 Å². The molecular formula is C16H19NO3. The van der Waals surface area contributed by atoms with Gasteiger partial charge in [0.2, 0.25) is 0 Å². The minimum Gasteiger partial charge on any atom is -0.504 e.